The normalized spacial score (nSPS) is 18.9. The molecule has 106 valence electrons. The fourth-order valence-corrected chi connectivity index (χ4v) is 2.69. The molecule has 1 aliphatic heterocycles. The second-order valence-electron chi connectivity index (χ2n) is 5.44. The van der Waals surface area contributed by atoms with Crippen molar-refractivity contribution in [3.8, 4) is 5.75 Å². The minimum Gasteiger partial charge on any atom is -0.493 e. The maximum atomic E-state index is 10.5. The van der Waals surface area contributed by atoms with Gasteiger partial charge >= 0.3 is 0 Å². The number of fused-ring (bicyclic) bond motifs is 1. The SMILES string of the molecule is CC(C)n1ncnc1CC(O)C1COc2ccccc21. The third-order valence-corrected chi connectivity index (χ3v) is 3.73. The van der Waals surface area contributed by atoms with E-state index < -0.39 is 6.10 Å². The maximum Gasteiger partial charge on any atom is 0.138 e. The van der Waals surface area contributed by atoms with Gasteiger partial charge in [0.1, 0.15) is 17.9 Å². The zero-order valence-corrected chi connectivity index (χ0v) is 11.7. The van der Waals surface area contributed by atoms with Gasteiger partial charge in [-0.25, -0.2) is 9.67 Å². The third-order valence-electron chi connectivity index (χ3n) is 3.73. The third kappa shape index (κ3) is 2.29. The summed E-state index contributed by atoms with van der Waals surface area (Å²) in [5.74, 6) is 1.70. The van der Waals surface area contributed by atoms with E-state index >= 15 is 0 Å². The molecular weight excluding hydrogens is 254 g/mol. The topological polar surface area (TPSA) is 60.2 Å². The van der Waals surface area contributed by atoms with E-state index in [1.54, 1.807) is 6.33 Å². The molecule has 5 nitrogen and oxygen atoms in total. The quantitative estimate of drug-likeness (QED) is 0.924. The predicted octanol–water partition coefficient (Wildman–Crippen LogP) is 1.94. The number of aromatic nitrogens is 3. The highest BCUT2D eigenvalue weighted by atomic mass is 16.5. The van der Waals surface area contributed by atoms with Gasteiger partial charge in [0.15, 0.2) is 0 Å². The van der Waals surface area contributed by atoms with Crippen molar-refractivity contribution in [3.05, 3.63) is 42.0 Å². The molecule has 1 N–H and O–H groups in total. The van der Waals surface area contributed by atoms with Crippen molar-refractivity contribution in [1.82, 2.24) is 14.8 Å². The second-order valence-corrected chi connectivity index (χ2v) is 5.44. The Hall–Kier alpha value is -1.88. The largest absolute Gasteiger partial charge is 0.493 e. The van der Waals surface area contributed by atoms with E-state index in [4.69, 9.17) is 4.74 Å². The molecular formula is C15H19N3O2. The van der Waals surface area contributed by atoms with Crippen LogP contribution in [0.25, 0.3) is 0 Å². The van der Waals surface area contributed by atoms with Crippen molar-refractivity contribution in [2.75, 3.05) is 6.61 Å². The lowest BCUT2D eigenvalue weighted by Gasteiger charge is -2.18. The highest BCUT2D eigenvalue weighted by Gasteiger charge is 2.31. The van der Waals surface area contributed by atoms with Crippen LogP contribution in [0.3, 0.4) is 0 Å². The Kier molecular flexibility index (Phi) is 3.44. The predicted molar refractivity (Wildman–Crippen MR) is 74.8 cm³/mol. The monoisotopic (exact) mass is 273 g/mol. The summed E-state index contributed by atoms with van der Waals surface area (Å²) in [5, 5.41) is 14.7. The van der Waals surface area contributed by atoms with Gasteiger partial charge in [-0.15, -0.1) is 0 Å². The molecule has 0 spiro atoms. The number of hydrogen-bond acceptors (Lipinski definition) is 4. The van der Waals surface area contributed by atoms with Crippen LogP contribution < -0.4 is 4.74 Å². The van der Waals surface area contributed by atoms with Gasteiger partial charge in [0.25, 0.3) is 0 Å². The molecule has 0 amide bonds. The molecule has 1 aliphatic rings. The number of nitrogens with zero attached hydrogens (tertiary/aromatic N) is 3. The van der Waals surface area contributed by atoms with E-state index in [1.165, 1.54) is 0 Å². The number of ether oxygens (including phenoxy) is 1. The van der Waals surface area contributed by atoms with Crippen molar-refractivity contribution in [2.24, 2.45) is 0 Å². The van der Waals surface area contributed by atoms with E-state index in [2.05, 4.69) is 23.9 Å². The van der Waals surface area contributed by atoms with Crippen LogP contribution in [0.4, 0.5) is 0 Å². The Morgan fingerprint density at radius 2 is 2.20 bits per heavy atom. The van der Waals surface area contributed by atoms with Gasteiger partial charge in [0.05, 0.1) is 12.7 Å². The van der Waals surface area contributed by atoms with Crippen LogP contribution in [-0.2, 0) is 6.42 Å². The van der Waals surface area contributed by atoms with Crippen LogP contribution >= 0.6 is 0 Å². The maximum absolute atomic E-state index is 10.5. The average molecular weight is 273 g/mol. The van der Waals surface area contributed by atoms with Crippen molar-refractivity contribution < 1.29 is 9.84 Å². The molecule has 2 heterocycles. The first-order valence-electron chi connectivity index (χ1n) is 6.95. The van der Waals surface area contributed by atoms with Crippen molar-refractivity contribution in [3.63, 3.8) is 0 Å². The Morgan fingerprint density at radius 3 is 3.00 bits per heavy atom. The molecule has 0 saturated heterocycles. The molecule has 0 aliphatic carbocycles. The molecule has 20 heavy (non-hydrogen) atoms. The summed E-state index contributed by atoms with van der Waals surface area (Å²) in [5.41, 5.74) is 1.08. The first-order chi connectivity index (χ1) is 9.66. The number of aliphatic hydroxyl groups is 1. The fourth-order valence-electron chi connectivity index (χ4n) is 2.69. The molecule has 3 rings (SSSR count). The highest BCUT2D eigenvalue weighted by molar-refractivity contribution is 5.40. The van der Waals surface area contributed by atoms with E-state index in [0.717, 1.165) is 17.1 Å². The first-order valence-corrected chi connectivity index (χ1v) is 6.95. The van der Waals surface area contributed by atoms with E-state index in [0.29, 0.717) is 13.0 Å². The molecule has 0 fully saturated rings. The lowest BCUT2D eigenvalue weighted by atomic mass is 9.93. The molecule has 1 aromatic heterocycles. The summed E-state index contributed by atoms with van der Waals surface area (Å²) in [6.07, 6.45) is 1.52. The molecule has 0 saturated carbocycles. The van der Waals surface area contributed by atoms with Gasteiger partial charge in [-0.1, -0.05) is 18.2 Å². The standard InChI is InChI=1S/C15H19N3O2/c1-10(2)18-15(16-9-17-18)7-13(19)12-8-20-14-6-4-3-5-11(12)14/h3-6,9-10,12-13,19H,7-8H2,1-2H3. The summed E-state index contributed by atoms with van der Waals surface area (Å²) in [6, 6.07) is 8.13. The summed E-state index contributed by atoms with van der Waals surface area (Å²) in [6.45, 7) is 4.63. The van der Waals surface area contributed by atoms with E-state index in [9.17, 15) is 5.11 Å². The van der Waals surface area contributed by atoms with Gasteiger partial charge in [-0.3, -0.25) is 0 Å². The van der Waals surface area contributed by atoms with Crippen molar-refractivity contribution >= 4 is 0 Å². The molecule has 2 atom stereocenters. The Bertz CT molecular complexity index is 594. The molecule has 0 radical (unpaired) electrons. The van der Waals surface area contributed by atoms with Gasteiger partial charge in [-0.2, -0.15) is 5.10 Å². The average Bonchev–Trinajstić information content (AvgIpc) is 3.04. The van der Waals surface area contributed by atoms with Gasteiger partial charge in [-0.05, 0) is 19.9 Å². The minimum absolute atomic E-state index is 0.00325. The van der Waals surface area contributed by atoms with Crippen LogP contribution in [-0.4, -0.2) is 32.6 Å². The second kappa shape index (κ2) is 5.25. The fraction of sp³-hybridized carbons (Fsp3) is 0.467. The van der Waals surface area contributed by atoms with Crippen molar-refractivity contribution in [1.29, 1.82) is 0 Å². The lowest BCUT2D eigenvalue weighted by Crippen LogP contribution is -2.24. The van der Waals surface area contributed by atoms with Gasteiger partial charge in [0, 0.05) is 23.9 Å². The van der Waals surface area contributed by atoms with Crippen LogP contribution in [0.2, 0.25) is 0 Å². The Balaban J connectivity index is 1.78. The number of para-hydroxylation sites is 1. The zero-order chi connectivity index (χ0) is 14.1. The summed E-state index contributed by atoms with van der Waals surface area (Å²) in [4.78, 5) is 4.26. The van der Waals surface area contributed by atoms with Gasteiger partial charge in [0.2, 0.25) is 0 Å². The Labute approximate surface area is 118 Å². The number of rotatable bonds is 4. The smallest absolute Gasteiger partial charge is 0.138 e. The zero-order valence-electron chi connectivity index (χ0n) is 11.7. The minimum atomic E-state index is -0.514. The molecule has 2 aromatic rings. The Morgan fingerprint density at radius 1 is 1.40 bits per heavy atom. The van der Waals surface area contributed by atoms with Crippen LogP contribution in [0.5, 0.6) is 5.75 Å². The van der Waals surface area contributed by atoms with Crippen LogP contribution in [0, 0.1) is 0 Å². The molecule has 5 heteroatoms. The number of benzene rings is 1. The summed E-state index contributed by atoms with van der Waals surface area (Å²) in [7, 11) is 0. The highest BCUT2D eigenvalue weighted by Crippen LogP contribution is 2.36. The molecule has 2 unspecified atom stereocenters. The summed E-state index contributed by atoms with van der Waals surface area (Å²) >= 11 is 0. The first kappa shape index (κ1) is 13.1. The summed E-state index contributed by atoms with van der Waals surface area (Å²) < 4.78 is 7.48. The van der Waals surface area contributed by atoms with E-state index in [-0.39, 0.29) is 12.0 Å². The molecule has 0 bridgehead atoms. The lowest BCUT2D eigenvalue weighted by molar-refractivity contribution is 0.125. The number of hydrogen-bond donors (Lipinski definition) is 1. The van der Waals surface area contributed by atoms with E-state index in [1.807, 2.05) is 28.9 Å². The van der Waals surface area contributed by atoms with Crippen molar-refractivity contribution in [2.45, 2.75) is 38.3 Å². The van der Waals surface area contributed by atoms with Gasteiger partial charge < -0.3 is 9.84 Å². The number of aliphatic hydroxyl groups excluding tert-OH is 1. The van der Waals surface area contributed by atoms with Crippen LogP contribution in [0.15, 0.2) is 30.6 Å². The van der Waals surface area contributed by atoms with Crippen LogP contribution in [0.1, 0.15) is 37.2 Å². The molecule has 1 aromatic carbocycles.